The Labute approximate surface area is 204 Å². The fourth-order valence-electron chi connectivity index (χ4n) is 4.86. The lowest BCUT2D eigenvalue weighted by molar-refractivity contribution is -0.119. The molecule has 0 unspecified atom stereocenters. The van der Waals surface area contributed by atoms with Crippen LogP contribution in [0.15, 0.2) is 53.1 Å². The number of aromatic amines is 1. The number of hydrogen-bond donors (Lipinski definition) is 2. The second-order valence-electron chi connectivity index (χ2n) is 8.90. The van der Waals surface area contributed by atoms with E-state index in [1.165, 1.54) is 15.9 Å². The second kappa shape index (κ2) is 8.63. The number of nitrogens with one attached hydrogen (secondary N) is 2. The van der Waals surface area contributed by atoms with Gasteiger partial charge >= 0.3 is 0 Å². The first-order valence-electron chi connectivity index (χ1n) is 11.8. The van der Waals surface area contributed by atoms with Crippen molar-refractivity contribution in [2.24, 2.45) is 0 Å². The second-order valence-corrected chi connectivity index (χ2v) is 8.90. The van der Waals surface area contributed by atoms with Crippen LogP contribution in [-0.2, 0) is 11.2 Å². The number of halogens is 1. The summed E-state index contributed by atoms with van der Waals surface area (Å²) in [6.45, 7) is 0.740. The molecule has 2 N–H and O–H groups in total. The van der Waals surface area contributed by atoms with Gasteiger partial charge in [0.1, 0.15) is 17.1 Å². The van der Waals surface area contributed by atoms with Crippen LogP contribution in [0.5, 0.6) is 0 Å². The Hall–Kier alpha value is -4.47. The molecule has 6 rings (SSSR count). The van der Waals surface area contributed by atoms with Gasteiger partial charge in [0.25, 0.3) is 11.8 Å². The van der Waals surface area contributed by atoms with Crippen molar-refractivity contribution in [1.29, 1.82) is 0 Å². The van der Waals surface area contributed by atoms with Gasteiger partial charge in [-0.25, -0.2) is 4.39 Å². The molecule has 36 heavy (non-hydrogen) atoms. The third-order valence-electron chi connectivity index (χ3n) is 6.69. The Kier molecular flexibility index (Phi) is 5.28. The number of hydrogen-bond acceptors (Lipinski definition) is 5. The van der Waals surface area contributed by atoms with Crippen LogP contribution in [-0.4, -0.2) is 41.0 Å². The minimum absolute atomic E-state index is 0.0976. The summed E-state index contributed by atoms with van der Waals surface area (Å²) in [5, 5.41) is 10.5. The van der Waals surface area contributed by atoms with Gasteiger partial charge in [0.05, 0.1) is 12.0 Å². The fraction of sp³-hybridized carbons (Fsp3) is 0.231. The van der Waals surface area contributed by atoms with E-state index in [9.17, 15) is 18.8 Å². The number of H-pyrrole nitrogens is 1. The third kappa shape index (κ3) is 3.71. The molecule has 182 valence electrons. The number of benzene rings is 2. The first-order valence-corrected chi connectivity index (χ1v) is 11.8. The normalized spacial score (nSPS) is 15.9. The first kappa shape index (κ1) is 22.0. The SMILES string of the molecule is O=C(Nc1ccc2occc2c1)c1n[nH]c2c1CCN(c1ccc(N3CCCCC3=O)c(F)c1)C2=O. The number of amides is 3. The van der Waals surface area contributed by atoms with Crippen LogP contribution in [0.3, 0.4) is 0 Å². The molecule has 9 nitrogen and oxygen atoms in total. The summed E-state index contributed by atoms with van der Waals surface area (Å²) < 4.78 is 20.3. The summed E-state index contributed by atoms with van der Waals surface area (Å²) in [5.41, 5.74) is 2.77. The van der Waals surface area contributed by atoms with Crippen molar-refractivity contribution in [2.75, 3.05) is 28.2 Å². The van der Waals surface area contributed by atoms with Gasteiger partial charge in [-0.3, -0.25) is 19.5 Å². The minimum Gasteiger partial charge on any atom is -0.464 e. The highest BCUT2D eigenvalue weighted by molar-refractivity contribution is 6.11. The molecule has 0 aliphatic carbocycles. The zero-order valence-corrected chi connectivity index (χ0v) is 19.2. The maximum atomic E-state index is 15.0. The van der Waals surface area contributed by atoms with Gasteiger partial charge < -0.3 is 19.5 Å². The molecule has 0 saturated carbocycles. The highest BCUT2D eigenvalue weighted by Crippen LogP contribution is 2.31. The molecular weight excluding hydrogens is 465 g/mol. The van der Waals surface area contributed by atoms with E-state index in [4.69, 9.17) is 4.42 Å². The number of carbonyl (C=O) groups excluding carboxylic acids is 3. The average Bonchev–Trinajstić information content (AvgIpc) is 3.52. The third-order valence-corrected chi connectivity index (χ3v) is 6.69. The summed E-state index contributed by atoms with van der Waals surface area (Å²) in [6.07, 6.45) is 3.99. The average molecular weight is 487 g/mol. The van der Waals surface area contributed by atoms with Crippen molar-refractivity contribution in [3.8, 4) is 0 Å². The van der Waals surface area contributed by atoms with Gasteiger partial charge in [0, 0.05) is 41.8 Å². The predicted molar refractivity (Wildman–Crippen MR) is 131 cm³/mol. The quantitative estimate of drug-likeness (QED) is 0.447. The molecule has 0 atom stereocenters. The lowest BCUT2D eigenvalue weighted by atomic mass is 10.0. The smallest absolute Gasteiger partial charge is 0.276 e. The van der Waals surface area contributed by atoms with Gasteiger partial charge in [-0.1, -0.05) is 0 Å². The molecule has 2 aromatic heterocycles. The van der Waals surface area contributed by atoms with Crippen LogP contribution >= 0.6 is 0 Å². The van der Waals surface area contributed by atoms with Crippen molar-refractivity contribution in [3.63, 3.8) is 0 Å². The Bertz CT molecular complexity index is 1520. The molecule has 4 aromatic rings. The number of fused-ring (bicyclic) bond motifs is 2. The van der Waals surface area contributed by atoms with Crippen LogP contribution in [0.2, 0.25) is 0 Å². The number of nitrogens with zero attached hydrogens (tertiary/aromatic N) is 3. The maximum absolute atomic E-state index is 15.0. The van der Waals surface area contributed by atoms with Gasteiger partial charge in [0.15, 0.2) is 5.69 Å². The molecule has 0 radical (unpaired) electrons. The Morgan fingerprint density at radius 1 is 1.03 bits per heavy atom. The summed E-state index contributed by atoms with van der Waals surface area (Å²) in [6, 6.07) is 11.5. The summed E-state index contributed by atoms with van der Waals surface area (Å²) in [7, 11) is 0. The van der Waals surface area contributed by atoms with Gasteiger partial charge in [-0.2, -0.15) is 5.10 Å². The zero-order chi connectivity index (χ0) is 24.8. The van der Waals surface area contributed by atoms with E-state index in [2.05, 4.69) is 15.5 Å². The van der Waals surface area contributed by atoms with E-state index in [1.54, 1.807) is 42.7 Å². The van der Waals surface area contributed by atoms with Crippen LogP contribution in [0, 0.1) is 5.82 Å². The van der Waals surface area contributed by atoms with Crippen LogP contribution < -0.4 is 15.1 Å². The number of anilines is 3. The van der Waals surface area contributed by atoms with Crippen molar-refractivity contribution in [2.45, 2.75) is 25.7 Å². The van der Waals surface area contributed by atoms with Crippen molar-refractivity contribution < 1.29 is 23.2 Å². The van der Waals surface area contributed by atoms with E-state index < -0.39 is 17.6 Å². The van der Waals surface area contributed by atoms with Gasteiger partial charge in [-0.05, 0) is 61.7 Å². The zero-order valence-electron chi connectivity index (χ0n) is 19.2. The van der Waals surface area contributed by atoms with Crippen molar-refractivity contribution >= 4 is 45.8 Å². The molecule has 2 aliphatic heterocycles. The molecule has 4 heterocycles. The Balaban J connectivity index is 1.21. The standard InChI is InChI=1S/C26H22FN5O4/c27-19-14-17(5-6-20(19)32-10-2-1-3-22(32)33)31-11-8-18-23(29-30-24(18)26(31)35)25(34)28-16-4-7-21-15(13-16)9-12-36-21/h4-7,9,12-14H,1-3,8,10-11H2,(H,28,34)(H,29,30). The molecule has 2 aliphatic rings. The minimum atomic E-state index is -0.555. The summed E-state index contributed by atoms with van der Waals surface area (Å²) >= 11 is 0. The monoisotopic (exact) mass is 487 g/mol. The van der Waals surface area contributed by atoms with Crippen LogP contribution in [0.25, 0.3) is 11.0 Å². The molecular formula is C26H22FN5O4. The van der Waals surface area contributed by atoms with E-state index in [0.29, 0.717) is 41.9 Å². The molecule has 10 heteroatoms. The van der Waals surface area contributed by atoms with Gasteiger partial charge in [-0.15, -0.1) is 0 Å². The van der Waals surface area contributed by atoms with Crippen LogP contribution in [0.1, 0.15) is 45.8 Å². The lowest BCUT2D eigenvalue weighted by Crippen LogP contribution is -2.38. The van der Waals surface area contributed by atoms with Crippen molar-refractivity contribution in [1.82, 2.24) is 10.2 Å². The summed E-state index contributed by atoms with van der Waals surface area (Å²) in [5.74, 6) is -1.48. The van der Waals surface area contributed by atoms with E-state index in [1.807, 2.05) is 0 Å². The molecule has 1 fully saturated rings. The fourth-order valence-corrected chi connectivity index (χ4v) is 4.86. The topological polar surface area (TPSA) is 112 Å². The van der Waals surface area contributed by atoms with Gasteiger partial charge in [0.2, 0.25) is 5.91 Å². The molecule has 3 amide bonds. The lowest BCUT2D eigenvalue weighted by Gasteiger charge is -2.29. The van der Waals surface area contributed by atoms with E-state index in [-0.39, 0.29) is 29.5 Å². The molecule has 0 bridgehead atoms. The number of aromatic nitrogens is 2. The number of furan rings is 1. The number of carbonyl (C=O) groups is 3. The largest absolute Gasteiger partial charge is 0.464 e. The maximum Gasteiger partial charge on any atom is 0.276 e. The highest BCUT2D eigenvalue weighted by Gasteiger charge is 2.33. The van der Waals surface area contributed by atoms with E-state index >= 15 is 0 Å². The number of piperidine rings is 1. The Morgan fingerprint density at radius 3 is 2.75 bits per heavy atom. The summed E-state index contributed by atoms with van der Waals surface area (Å²) in [4.78, 5) is 41.2. The molecule has 2 aromatic carbocycles. The molecule has 1 saturated heterocycles. The van der Waals surface area contributed by atoms with Crippen molar-refractivity contribution in [3.05, 3.63) is 71.5 Å². The van der Waals surface area contributed by atoms with Crippen LogP contribution in [0.4, 0.5) is 21.5 Å². The Morgan fingerprint density at radius 2 is 1.92 bits per heavy atom. The first-order chi connectivity index (χ1) is 17.5. The highest BCUT2D eigenvalue weighted by atomic mass is 19.1. The predicted octanol–water partition coefficient (Wildman–Crippen LogP) is 4.27. The molecule has 0 spiro atoms. The number of rotatable bonds is 4. The van der Waals surface area contributed by atoms with E-state index in [0.717, 1.165) is 18.2 Å².